The minimum absolute atomic E-state index is 0.150. The van der Waals surface area contributed by atoms with Crippen LogP contribution in [0, 0.1) is 11.7 Å². The number of rotatable bonds is 5. The Kier molecular flexibility index (Phi) is 4.85. The Morgan fingerprint density at radius 3 is 2.35 bits per heavy atom. The van der Waals surface area contributed by atoms with Gasteiger partial charge in [0.05, 0.1) is 5.92 Å². The van der Waals surface area contributed by atoms with Gasteiger partial charge in [0.15, 0.2) is 0 Å². The van der Waals surface area contributed by atoms with Gasteiger partial charge in [-0.05, 0) is 36.2 Å². The van der Waals surface area contributed by atoms with Crippen molar-refractivity contribution in [2.75, 3.05) is 11.9 Å². The summed E-state index contributed by atoms with van der Waals surface area (Å²) in [6, 6.07) is 15.4. The molecule has 2 rings (SSSR count). The molecule has 4 heteroatoms. The van der Waals surface area contributed by atoms with E-state index >= 15 is 0 Å². The van der Waals surface area contributed by atoms with E-state index in [1.54, 1.807) is 0 Å². The molecule has 0 aliphatic heterocycles. The van der Waals surface area contributed by atoms with Crippen LogP contribution in [0.2, 0.25) is 0 Å². The van der Waals surface area contributed by atoms with Crippen LogP contribution >= 0.6 is 0 Å². The zero-order chi connectivity index (χ0) is 14.4. The monoisotopic (exact) mass is 272 g/mol. The first-order valence-electron chi connectivity index (χ1n) is 6.49. The van der Waals surface area contributed by atoms with Crippen LogP contribution in [0.25, 0.3) is 0 Å². The Morgan fingerprint density at radius 1 is 1.10 bits per heavy atom. The van der Waals surface area contributed by atoms with Crippen molar-refractivity contribution in [2.24, 2.45) is 11.7 Å². The molecule has 3 nitrogen and oxygen atoms in total. The van der Waals surface area contributed by atoms with Gasteiger partial charge in [-0.1, -0.05) is 30.3 Å². The lowest BCUT2D eigenvalue weighted by Crippen LogP contribution is -2.30. The summed E-state index contributed by atoms with van der Waals surface area (Å²) in [7, 11) is 0. The zero-order valence-electron chi connectivity index (χ0n) is 11.1. The molecular formula is C16H17FN2O. The van der Waals surface area contributed by atoms with Crippen LogP contribution in [-0.2, 0) is 11.2 Å². The van der Waals surface area contributed by atoms with Crippen molar-refractivity contribution in [3.63, 3.8) is 0 Å². The SMILES string of the molecule is NCC(Cc1ccccc1)C(=O)Nc1ccc(F)cc1. The van der Waals surface area contributed by atoms with Crippen molar-refractivity contribution in [3.8, 4) is 0 Å². The average Bonchev–Trinajstić information content (AvgIpc) is 2.48. The van der Waals surface area contributed by atoms with E-state index in [0.29, 0.717) is 12.1 Å². The molecule has 1 amide bonds. The van der Waals surface area contributed by atoms with Crippen LogP contribution in [0.1, 0.15) is 5.56 Å². The van der Waals surface area contributed by atoms with Crippen LogP contribution in [0.15, 0.2) is 54.6 Å². The maximum atomic E-state index is 12.8. The zero-order valence-corrected chi connectivity index (χ0v) is 11.1. The third-order valence-electron chi connectivity index (χ3n) is 3.09. The van der Waals surface area contributed by atoms with Crippen molar-refractivity contribution < 1.29 is 9.18 Å². The van der Waals surface area contributed by atoms with Gasteiger partial charge < -0.3 is 11.1 Å². The predicted octanol–water partition coefficient (Wildman–Crippen LogP) is 2.58. The molecule has 2 aromatic carbocycles. The number of hydrogen-bond acceptors (Lipinski definition) is 2. The average molecular weight is 272 g/mol. The molecule has 3 N–H and O–H groups in total. The van der Waals surface area contributed by atoms with E-state index in [1.165, 1.54) is 24.3 Å². The van der Waals surface area contributed by atoms with Crippen molar-refractivity contribution >= 4 is 11.6 Å². The van der Waals surface area contributed by atoms with Gasteiger partial charge in [0, 0.05) is 12.2 Å². The lowest BCUT2D eigenvalue weighted by atomic mass is 9.98. The molecule has 104 valence electrons. The summed E-state index contributed by atoms with van der Waals surface area (Å²) in [6.45, 7) is 0.266. The second kappa shape index (κ2) is 6.82. The molecule has 0 saturated carbocycles. The quantitative estimate of drug-likeness (QED) is 0.879. The highest BCUT2D eigenvalue weighted by Gasteiger charge is 2.17. The molecule has 0 bridgehead atoms. The Labute approximate surface area is 117 Å². The van der Waals surface area contributed by atoms with E-state index in [4.69, 9.17) is 5.73 Å². The number of carbonyl (C=O) groups excluding carboxylic acids is 1. The first-order valence-corrected chi connectivity index (χ1v) is 6.49. The standard InChI is InChI=1S/C16H17FN2O/c17-14-6-8-15(9-7-14)19-16(20)13(11-18)10-12-4-2-1-3-5-12/h1-9,13H,10-11,18H2,(H,19,20). The number of hydrogen-bond donors (Lipinski definition) is 2. The van der Waals surface area contributed by atoms with Gasteiger partial charge in [-0.3, -0.25) is 4.79 Å². The molecule has 0 heterocycles. The molecule has 0 aliphatic carbocycles. The van der Waals surface area contributed by atoms with Crippen molar-refractivity contribution in [3.05, 3.63) is 66.0 Å². The normalized spacial score (nSPS) is 11.9. The Hall–Kier alpha value is -2.20. The Bertz CT molecular complexity index is 554. The van der Waals surface area contributed by atoms with Gasteiger partial charge in [0.1, 0.15) is 5.82 Å². The van der Waals surface area contributed by atoms with Crippen LogP contribution in [0.3, 0.4) is 0 Å². The van der Waals surface area contributed by atoms with Gasteiger partial charge in [-0.25, -0.2) is 4.39 Å². The number of carbonyl (C=O) groups is 1. The highest BCUT2D eigenvalue weighted by molar-refractivity contribution is 5.92. The number of halogens is 1. The minimum Gasteiger partial charge on any atom is -0.330 e. The van der Waals surface area contributed by atoms with Crippen molar-refractivity contribution in [2.45, 2.75) is 6.42 Å². The lowest BCUT2D eigenvalue weighted by molar-refractivity contribution is -0.119. The molecule has 0 spiro atoms. The van der Waals surface area contributed by atoms with E-state index in [1.807, 2.05) is 30.3 Å². The molecular weight excluding hydrogens is 255 g/mol. The summed E-state index contributed by atoms with van der Waals surface area (Å²) < 4.78 is 12.8. The molecule has 0 aliphatic rings. The number of nitrogens with one attached hydrogen (secondary N) is 1. The Balaban J connectivity index is 2.00. The number of nitrogens with two attached hydrogens (primary N) is 1. The largest absolute Gasteiger partial charge is 0.330 e. The molecule has 0 radical (unpaired) electrons. The summed E-state index contributed by atoms with van der Waals surface area (Å²) in [5.41, 5.74) is 7.32. The second-order valence-corrected chi connectivity index (χ2v) is 4.62. The second-order valence-electron chi connectivity index (χ2n) is 4.62. The fourth-order valence-corrected chi connectivity index (χ4v) is 1.96. The fraction of sp³-hybridized carbons (Fsp3) is 0.188. The number of benzene rings is 2. The summed E-state index contributed by atoms with van der Waals surface area (Å²) in [4.78, 5) is 12.1. The summed E-state index contributed by atoms with van der Waals surface area (Å²) in [5, 5.41) is 2.75. The fourth-order valence-electron chi connectivity index (χ4n) is 1.96. The number of anilines is 1. The van der Waals surface area contributed by atoms with Gasteiger partial charge in [0.25, 0.3) is 0 Å². The molecule has 1 atom stereocenters. The molecule has 1 unspecified atom stereocenters. The maximum absolute atomic E-state index is 12.8. The molecule has 0 saturated heterocycles. The summed E-state index contributed by atoms with van der Waals surface area (Å²) in [6.07, 6.45) is 0.588. The van der Waals surface area contributed by atoms with E-state index in [-0.39, 0.29) is 24.2 Å². The van der Waals surface area contributed by atoms with Crippen molar-refractivity contribution in [1.29, 1.82) is 0 Å². The lowest BCUT2D eigenvalue weighted by Gasteiger charge is -2.15. The van der Waals surface area contributed by atoms with Crippen LogP contribution in [0.5, 0.6) is 0 Å². The maximum Gasteiger partial charge on any atom is 0.229 e. The highest BCUT2D eigenvalue weighted by atomic mass is 19.1. The summed E-state index contributed by atoms with van der Waals surface area (Å²) >= 11 is 0. The van der Waals surface area contributed by atoms with E-state index < -0.39 is 0 Å². The Morgan fingerprint density at radius 2 is 1.75 bits per heavy atom. The molecule has 2 aromatic rings. The third-order valence-corrected chi connectivity index (χ3v) is 3.09. The third kappa shape index (κ3) is 3.90. The van der Waals surface area contributed by atoms with Gasteiger partial charge in [-0.2, -0.15) is 0 Å². The first kappa shape index (κ1) is 14.2. The summed E-state index contributed by atoms with van der Waals surface area (Å²) in [5.74, 6) is -0.784. The van der Waals surface area contributed by atoms with E-state index in [9.17, 15) is 9.18 Å². The minimum atomic E-state index is -0.331. The van der Waals surface area contributed by atoms with Crippen LogP contribution in [0.4, 0.5) is 10.1 Å². The van der Waals surface area contributed by atoms with E-state index in [0.717, 1.165) is 5.56 Å². The smallest absolute Gasteiger partial charge is 0.229 e. The van der Waals surface area contributed by atoms with Crippen LogP contribution < -0.4 is 11.1 Å². The van der Waals surface area contributed by atoms with Crippen LogP contribution in [-0.4, -0.2) is 12.5 Å². The highest BCUT2D eigenvalue weighted by Crippen LogP contribution is 2.13. The molecule has 0 aromatic heterocycles. The van der Waals surface area contributed by atoms with Gasteiger partial charge in [0.2, 0.25) is 5.91 Å². The molecule has 20 heavy (non-hydrogen) atoms. The first-order chi connectivity index (χ1) is 9.69. The topological polar surface area (TPSA) is 55.1 Å². The van der Waals surface area contributed by atoms with E-state index in [2.05, 4.69) is 5.32 Å². The number of amides is 1. The van der Waals surface area contributed by atoms with Gasteiger partial charge in [-0.15, -0.1) is 0 Å². The molecule has 0 fully saturated rings. The predicted molar refractivity (Wildman–Crippen MR) is 77.7 cm³/mol. The van der Waals surface area contributed by atoms with Gasteiger partial charge >= 0.3 is 0 Å². The van der Waals surface area contributed by atoms with Crippen molar-refractivity contribution in [1.82, 2.24) is 0 Å².